The number of anilines is 1. The second-order valence-electron chi connectivity index (χ2n) is 8.70. The van der Waals surface area contributed by atoms with Gasteiger partial charge in [0.2, 0.25) is 5.43 Å². The molecule has 2 N–H and O–H groups in total. The molecule has 1 amide bonds. The van der Waals surface area contributed by atoms with Gasteiger partial charge < -0.3 is 20.1 Å². The van der Waals surface area contributed by atoms with Crippen LogP contribution >= 0.6 is 0 Å². The Morgan fingerprint density at radius 3 is 2.52 bits per heavy atom. The number of piperazine rings is 1. The highest BCUT2D eigenvalue weighted by atomic mass is 19.1. The Hall–Kier alpha value is -3.26. The Labute approximate surface area is 190 Å². The van der Waals surface area contributed by atoms with Gasteiger partial charge >= 0.3 is 0 Å². The van der Waals surface area contributed by atoms with E-state index in [0.717, 1.165) is 31.5 Å². The van der Waals surface area contributed by atoms with Crippen molar-refractivity contribution in [2.24, 2.45) is 0 Å². The number of pyridine rings is 1. The summed E-state index contributed by atoms with van der Waals surface area (Å²) in [5.41, 5.74) is 1.59. The van der Waals surface area contributed by atoms with E-state index in [2.05, 4.69) is 10.6 Å². The number of benzene rings is 2. The van der Waals surface area contributed by atoms with Crippen LogP contribution in [0.5, 0.6) is 0 Å². The first kappa shape index (κ1) is 21.6. The largest absolute Gasteiger partial charge is 0.367 e. The Balaban J connectivity index is 1.44. The van der Waals surface area contributed by atoms with Crippen molar-refractivity contribution in [3.63, 3.8) is 0 Å². The van der Waals surface area contributed by atoms with Crippen LogP contribution in [-0.2, 0) is 6.42 Å². The van der Waals surface area contributed by atoms with Gasteiger partial charge in [0.15, 0.2) is 0 Å². The summed E-state index contributed by atoms with van der Waals surface area (Å²) in [5, 5.41) is 6.26. The molecule has 0 radical (unpaired) electrons. The average Bonchev–Trinajstić information content (AvgIpc) is 3.66. The molecule has 2 aromatic carbocycles. The summed E-state index contributed by atoms with van der Waals surface area (Å²) in [7, 11) is 0. The van der Waals surface area contributed by atoms with Crippen LogP contribution in [-0.4, -0.2) is 43.2 Å². The highest BCUT2D eigenvalue weighted by Gasteiger charge is 2.28. The molecular weight excluding hydrogens is 426 g/mol. The lowest BCUT2D eigenvalue weighted by Gasteiger charge is -2.30. The number of nitrogens with zero attached hydrogens (tertiary/aromatic N) is 2. The van der Waals surface area contributed by atoms with Gasteiger partial charge in [-0.05, 0) is 49.1 Å². The fraction of sp³-hybridized carbons (Fsp3) is 0.360. The Kier molecular flexibility index (Phi) is 5.85. The van der Waals surface area contributed by atoms with Crippen molar-refractivity contribution in [2.75, 3.05) is 37.6 Å². The molecule has 172 valence electrons. The van der Waals surface area contributed by atoms with Crippen LogP contribution in [0.2, 0.25) is 0 Å². The molecule has 2 aliphatic rings. The first-order valence-electron chi connectivity index (χ1n) is 11.4. The molecule has 6 nitrogen and oxygen atoms in total. The molecule has 33 heavy (non-hydrogen) atoms. The number of halogens is 2. The van der Waals surface area contributed by atoms with Crippen LogP contribution in [0.3, 0.4) is 0 Å². The van der Waals surface area contributed by atoms with Crippen molar-refractivity contribution in [1.82, 2.24) is 15.2 Å². The highest BCUT2D eigenvalue weighted by Crippen LogP contribution is 2.38. The van der Waals surface area contributed by atoms with E-state index < -0.39 is 17.2 Å². The lowest BCUT2D eigenvalue weighted by molar-refractivity contribution is 0.0952. The molecule has 1 aromatic heterocycles. The third-order valence-electron chi connectivity index (χ3n) is 6.36. The standard InChI is InChI=1S/C25H26F2N4O2/c26-17-3-1-16(2-4-17)7-8-29-25(33)20-15-31(18-5-6-18)22-14-23(30-11-9-28-10-12-30)21(27)13-19(22)24(20)32/h1-4,13-15,18,28H,5-12H2,(H,29,33). The van der Waals surface area contributed by atoms with E-state index in [1.165, 1.54) is 18.2 Å². The molecule has 0 unspecified atom stereocenters. The van der Waals surface area contributed by atoms with E-state index >= 15 is 4.39 Å². The van der Waals surface area contributed by atoms with Crippen LogP contribution in [0.1, 0.15) is 34.8 Å². The van der Waals surface area contributed by atoms with Gasteiger partial charge in [0.1, 0.15) is 17.2 Å². The van der Waals surface area contributed by atoms with Gasteiger partial charge in [-0.25, -0.2) is 8.78 Å². The molecule has 3 aromatic rings. The molecule has 0 bridgehead atoms. The van der Waals surface area contributed by atoms with Gasteiger partial charge in [-0.15, -0.1) is 0 Å². The summed E-state index contributed by atoms with van der Waals surface area (Å²) in [5.74, 6) is -1.24. The maximum atomic E-state index is 15.0. The first-order chi connectivity index (χ1) is 16.0. The van der Waals surface area contributed by atoms with Gasteiger partial charge in [0.25, 0.3) is 5.91 Å². The summed E-state index contributed by atoms with van der Waals surface area (Å²) in [6.45, 7) is 3.27. The monoisotopic (exact) mass is 452 g/mol. The number of carbonyl (C=O) groups is 1. The van der Waals surface area contributed by atoms with E-state index in [9.17, 15) is 14.0 Å². The summed E-state index contributed by atoms with van der Waals surface area (Å²) in [4.78, 5) is 28.0. The maximum Gasteiger partial charge on any atom is 0.256 e. The molecule has 5 rings (SSSR count). The van der Waals surface area contributed by atoms with Gasteiger partial charge in [0.05, 0.1) is 11.2 Å². The second kappa shape index (κ2) is 8.94. The number of hydrogen-bond acceptors (Lipinski definition) is 4. The molecule has 1 aliphatic carbocycles. The fourth-order valence-corrected chi connectivity index (χ4v) is 4.39. The van der Waals surface area contributed by atoms with E-state index in [4.69, 9.17) is 0 Å². The van der Waals surface area contributed by atoms with Crippen LogP contribution in [0.25, 0.3) is 10.9 Å². The van der Waals surface area contributed by atoms with Crippen molar-refractivity contribution in [3.05, 3.63) is 75.6 Å². The number of nitrogens with one attached hydrogen (secondary N) is 2. The minimum Gasteiger partial charge on any atom is -0.367 e. The minimum atomic E-state index is -0.481. The zero-order valence-electron chi connectivity index (χ0n) is 18.2. The van der Waals surface area contributed by atoms with Crippen molar-refractivity contribution in [3.8, 4) is 0 Å². The Morgan fingerprint density at radius 1 is 1.09 bits per heavy atom. The number of amides is 1. The number of aromatic nitrogens is 1. The Morgan fingerprint density at radius 2 is 1.82 bits per heavy atom. The normalized spacial score (nSPS) is 16.2. The Bertz CT molecular complexity index is 1250. The highest BCUT2D eigenvalue weighted by molar-refractivity contribution is 5.98. The van der Waals surface area contributed by atoms with Gasteiger partial charge in [-0.2, -0.15) is 0 Å². The summed E-state index contributed by atoms with van der Waals surface area (Å²) in [6.07, 6.45) is 4.06. The van der Waals surface area contributed by atoms with E-state index in [0.29, 0.717) is 37.3 Å². The predicted octanol–water partition coefficient (Wildman–Crippen LogP) is 3.00. The molecule has 1 aliphatic heterocycles. The van der Waals surface area contributed by atoms with E-state index in [1.807, 2.05) is 9.47 Å². The van der Waals surface area contributed by atoms with E-state index in [1.54, 1.807) is 24.4 Å². The quantitative estimate of drug-likeness (QED) is 0.604. The zero-order chi connectivity index (χ0) is 22.9. The number of fused-ring (bicyclic) bond motifs is 1. The molecule has 1 saturated carbocycles. The lowest BCUT2D eigenvalue weighted by atomic mass is 10.1. The molecule has 1 saturated heterocycles. The molecule has 8 heteroatoms. The van der Waals surface area contributed by atoms with E-state index in [-0.39, 0.29) is 22.8 Å². The van der Waals surface area contributed by atoms with Crippen molar-refractivity contribution in [2.45, 2.75) is 25.3 Å². The van der Waals surface area contributed by atoms with Crippen LogP contribution < -0.4 is 21.0 Å². The minimum absolute atomic E-state index is 0.0165. The van der Waals surface area contributed by atoms with Gasteiger partial charge in [0, 0.05) is 50.3 Å². The third-order valence-corrected chi connectivity index (χ3v) is 6.36. The fourth-order valence-electron chi connectivity index (χ4n) is 4.39. The third kappa shape index (κ3) is 4.48. The molecular formula is C25H26F2N4O2. The van der Waals surface area contributed by atoms with Crippen LogP contribution in [0, 0.1) is 11.6 Å². The predicted molar refractivity (Wildman–Crippen MR) is 124 cm³/mol. The summed E-state index contributed by atoms with van der Waals surface area (Å²) in [6, 6.07) is 9.32. The average molecular weight is 453 g/mol. The van der Waals surface area contributed by atoms with Crippen molar-refractivity contribution in [1.29, 1.82) is 0 Å². The SMILES string of the molecule is O=C(NCCc1ccc(F)cc1)c1cn(C2CC2)c2cc(N3CCNCC3)c(F)cc2c1=O. The van der Waals surface area contributed by atoms with Crippen molar-refractivity contribution < 1.29 is 13.6 Å². The maximum absolute atomic E-state index is 15.0. The number of hydrogen-bond donors (Lipinski definition) is 2. The zero-order valence-corrected chi connectivity index (χ0v) is 18.2. The topological polar surface area (TPSA) is 66.4 Å². The van der Waals surface area contributed by atoms with Gasteiger partial charge in [-0.1, -0.05) is 12.1 Å². The van der Waals surface area contributed by atoms with Crippen LogP contribution in [0.15, 0.2) is 47.4 Å². The number of rotatable bonds is 6. The summed E-state index contributed by atoms with van der Waals surface area (Å²) < 4.78 is 30.1. The van der Waals surface area contributed by atoms with Crippen molar-refractivity contribution >= 4 is 22.5 Å². The molecule has 2 fully saturated rings. The van der Waals surface area contributed by atoms with Crippen LogP contribution in [0.4, 0.5) is 14.5 Å². The molecule has 0 atom stereocenters. The second-order valence-corrected chi connectivity index (χ2v) is 8.70. The lowest BCUT2D eigenvalue weighted by Crippen LogP contribution is -2.44. The molecule has 2 heterocycles. The van der Waals surface area contributed by atoms with Gasteiger partial charge in [-0.3, -0.25) is 9.59 Å². The number of carbonyl (C=O) groups excluding carboxylic acids is 1. The first-order valence-corrected chi connectivity index (χ1v) is 11.4. The summed E-state index contributed by atoms with van der Waals surface area (Å²) >= 11 is 0. The molecule has 0 spiro atoms. The smallest absolute Gasteiger partial charge is 0.256 e.